The molecule has 0 radical (unpaired) electrons. The molecular weight excluding hydrogens is 362 g/mol. The maximum absolute atomic E-state index is 12.2. The topological polar surface area (TPSA) is 71.8 Å². The van der Waals surface area contributed by atoms with Crippen LogP contribution in [0.2, 0.25) is 0 Å². The zero-order chi connectivity index (χ0) is 20.2. The summed E-state index contributed by atoms with van der Waals surface area (Å²) in [7, 11) is 0. The van der Waals surface area contributed by atoms with Crippen LogP contribution in [0.15, 0.2) is 66.9 Å². The van der Waals surface area contributed by atoms with Crippen LogP contribution in [0.1, 0.15) is 11.1 Å². The van der Waals surface area contributed by atoms with E-state index in [-0.39, 0.29) is 6.03 Å². The summed E-state index contributed by atoms with van der Waals surface area (Å²) < 4.78 is 2.05. The van der Waals surface area contributed by atoms with E-state index in [1.807, 2.05) is 47.9 Å². The highest BCUT2D eigenvalue weighted by atomic mass is 16.2. The molecule has 6 heteroatoms. The highest BCUT2D eigenvalue weighted by Crippen LogP contribution is 2.23. The first-order valence-corrected chi connectivity index (χ1v) is 9.60. The normalized spacial score (nSPS) is 10.8. The van der Waals surface area contributed by atoms with Crippen LogP contribution in [-0.2, 0) is 6.54 Å². The molecule has 0 atom stereocenters. The number of hydrogen-bond donors (Lipinski definition) is 2. The molecule has 0 fully saturated rings. The largest absolute Gasteiger partial charge is 0.336 e. The van der Waals surface area contributed by atoms with Gasteiger partial charge >= 0.3 is 6.03 Å². The number of amides is 2. The van der Waals surface area contributed by atoms with E-state index in [0.29, 0.717) is 13.1 Å². The van der Waals surface area contributed by atoms with Gasteiger partial charge in [0, 0.05) is 30.5 Å². The van der Waals surface area contributed by atoms with Gasteiger partial charge in [-0.3, -0.25) is 0 Å². The Bertz CT molecular complexity index is 1130. The molecule has 0 saturated carbocycles. The molecule has 0 saturated heterocycles. The number of urea groups is 1. The first-order chi connectivity index (χ1) is 14.1. The van der Waals surface area contributed by atoms with E-state index in [4.69, 9.17) is 4.98 Å². The molecule has 29 heavy (non-hydrogen) atoms. The van der Waals surface area contributed by atoms with Gasteiger partial charge in [0.25, 0.3) is 0 Å². The lowest BCUT2D eigenvalue weighted by Gasteiger charge is -2.11. The van der Waals surface area contributed by atoms with Crippen molar-refractivity contribution in [3.63, 3.8) is 0 Å². The zero-order valence-electron chi connectivity index (χ0n) is 16.5. The molecule has 0 aliphatic rings. The number of pyridine rings is 1. The van der Waals surface area contributed by atoms with Crippen LogP contribution in [0, 0.1) is 13.8 Å². The number of carbonyl (C=O) groups is 1. The summed E-state index contributed by atoms with van der Waals surface area (Å²) in [6, 6.07) is 19.6. The van der Waals surface area contributed by atoms with Crippen LogP contribution in [0.4, 0.5) is 10.5 Å². The monoisotopic (exact) mass is 385 g/mol. The molecule has 2 aromatic carbocycles. The molecule has 4 rings (SSSR count). The Labute approximate surface area is 169 Å². The van der Waals surface area contributed by atoms with Gasteiger partial charge < -0.3 is 15.2 Å². The summed E-state index contributed by atoms with van der Waals surface area (Å²) in [5.41, 5.74) is 5.79. The minimum atomic E-state index is -0.233. The second-order valence-corrected chi connectivity index (χ2v) is 7.05. The fraction of sp³-hybridized carbons (Fsp3) is 0.174. The van der Waals surface area contributed by atoms with Crippen molar-refractivity contribution in [3.8, 4) is 11.4 Å². The summed E-state index contributed by atoms with van der Waals surface area (Å²) in [6.07, 6.45) is 1.76. The Morgan fingerprint density at radius 2 is 1.66 bits per heavy atom. The van der Waals surface area contributed by atoms with Gasteiger partial charge in [-0.15, -0.1) is 0 Å². The van der Waals surface area contributed by atoms with Gasteiger partial charge in [0.2, 0.25) is 0 Å². The van der Waals surface area contributed by atoms with Gasteiger partial charge in [0.15, 0.2) is 5.65 Å². The number of aryl methyl sites for hydroxylation is 2. The Balaban J connectivity index is 1.49. The quantitative estimate of drug-likeness (QED) is 0.530. The Kier molecular flexibility index (Phi) is 5.24. The number of carbonyl (C=O) groups excluding carboxylic acids is 1. The molecule has 2 N–H and O–H groups in total. The van der Waals surface area contributed by atoms with Crippen molar-refractivity contribution in [1.29, 1.82) is 0 Å². The number of benzene rings is 2. The third-order valence-corrected chi connectivity index (χ3v) is 4.74. The molecule has 0 aliphatic heterocycles. The van der Waals surface area contributed by atoms with Crippen LogP contribution in [0.5, 0.6) is 0 Å². The molecule has 0 unspecified atom stereocenters. The molecular formula is C23H23N5O. The van der Waals surface area contributed by atoms with Crippen LogP contribution in [-0.4, -0.2) is 27.1 Å². The number of hydrogen-bond acceptors (Lipinski definition) is 3. The lowest BCUT2D eigenvalue weighted by atomic mass is 10.1. The molecule has 6 nitrogen and oxygen atoms in total. The van der Waals surface area contributed by atoms with Gasteiger partial charge in [-0.2, -0.15) is 0 Å². The van der Waals surface area contributed by atoms with E-state index < -0.39 is 0 Å². The predicted molar refractivity (Wildman–Crippen MR) is 116 cm³/mol. The summed E-state index contributed by atoms with van der Waals surface area (Å²) in [5.74, 6) is 0.847. The number of fused-ring (bicyclic) bond motifs is 1. The summed E-state index contributed by atoms with van der Waals surface area (Å²) in [5, 5.41) is 5.76. The van der Waals surface area contributed by atoms with Gasteiger partial charge in [0.05, 0.1) is 0 Å². The Morgan fingerprint density at radius 3 is 2.38 bits per heavy atom. The van der Waals surface area contributed by atoms with E-state index in [2.05, 4.69) is 46.8 Å². The molecule has 2 aromatic heterocycles. The molecule has 2 heterocycles. The van der Waals surface area contributed by atoms with Gasteiger partial charge in [-0.25, -0.2) is 14.8 Å². The average Bonchev–Trinajstić information content (AvgIpc) is 3.09. The van der Waals surface area contributed by atoms with Crippen LogP contribution in [0.25, 0.3) is 22.6 Å². The number of rotatable bonds is 5. The van der Waals surface area contributed by atoms with Crippen LogP contribution >= 0.6 is 0 Å². The Hall–Kier alpha value is -3.67. The van der Waals surface area contributed by atoms with Crippen LogP contribution < -0.4 is 10.6 Å². The van der Waals surface area contributed by atoms with Crippen molar-refractivity contribution in [3.05, 3.63) is 78.0 Å². The first kappa shape index (κ1) is 18.7. The minimum absolute atomic E-state index is 0.233. The molecule has 2 amide bonds. The third-order valence-electron chi connectivity index (χ3n) is 4.74. The molecule has 0 aliphatic carbocycles. The van der Waals surface area contributed by atoms with Gasteiger partial charge in [-0.05, 0) is 38.1 Å². The van der Waals surface area contributed by atoms with E-state index in [9.17, 15) is 4.79 Å². The van der Waals surface area contributed by atoms with Crippen molar-refractivity contribution < 1.29 is 4.79 Å². The smallest absolute Gasteiger partial charge is 0.319 e. The van der Waals surface area contributed by atoms with Crippen molar-refractivity contribution in [2.24, 2.45) is 0 Å². The lowest BCUT2D eigenvalue weighted by molar-refractivity contribution is 0.251. The Morgan fingerprint density at radius 1 is 0.966 bits per heavy atom. The van der Waals surface area contributed by atoms with Crippen molar-refractivity contribution in [2.75, 3.05) is 11.9 Å². The van der Waals surface area contributed by atoms with E-state index in [1.165, 1.54) is 5.56 Å². The minimum Gasteiger partial charge on any atom is -0.336 e. The number of anilines is 1. The zero-order valence-corrected chi connectivity index (χ0v) is 16.5. The van der Waals surface area contributed by atoms with E-state index >= 15 is 0 Å². The summed E-state index contributed by atoms with van der Waals surface area (Å²) >= 11 is 0. The van der Waals surface area contributed by atoms with Crippen LogP contribution in [0.3, 0.4) is 0 Å². The first-order valence-electron chi connectivity index (χ1n) is 9.60. The second-order valence-electron chi connectivity index (χ2n) is 7.05. The highest BCUT2D eigenvalue weighted by Gasteiger charge is 2.13. The van der Waals surface area contributed by atoms with Gasteiger partial charge in [-0.1, -0.05) is 47.5 Å². The van der Waals surface area contributed by atoms with Gasteiger partial charge in [0.1, 0.15) is 11.3 Å². The van der Waals surface area contributed by atoms with E-state index in [0.717, 1.165) is 33.8 Å². The summed E-state index contributed by atoms with van der Waals surface area (Å²) in [6.45, 7) is 5.10. The fourth-order valence-corrected chi connectivity index (χ4v) is 3.19. The second kappa shape index (κ2) is 8.14. The molecule has 4 aromatic rings. The predicted octanol–water partition coefficient (Wildman–Crippen LogP) is 4.54. The third kappa shape index (κ3) is 4.27. The average molecular weight is 385 g/mol. The SMILES string of the molecule is Cc1ccc(NC(=O)NCCn2c(-c3ccc(C)cc3)nc3cccnc32)cc1. The molecule has 0 spiro atoms. The number of nitrogens with zero attached hydrogens (tertiary/aromatic N) is 3. The number of nitrogens with one attached hydrogen (secondary N) is 2. The summed E-state index contributed by atoms with van der Waals surface area (Å²) in [4.78, 5) is 21.5. The molecule has 0 bridgehead atoms. The van der Waals surface area contributed by atoms with Crippen molar-refractivity contribution in [1.82, 2.24) is 19.9 Å². The maximum atomic E-state index is 12.2. The number of imidazole rings is 1. The maximum Gasteiger partial charge on any atom is 0.319 e. The van der Waals surface area contributed by atoms with Crippen molar-refractivity contribution in [2.45, 2.75) is 20.4 Å². The van der Waals surface area contributed by atoms with E-state index in [1.54, 1.807) is 6.20 Å². The molecule has 146 valence electrons. The standard InChI is InChI=1S/C23H23N5O/c1-16-5-9-18(10-6-16)21-27-20-4-3-13-24-22(20)28(21)15-14-25-23(29)26-19-11-7-17(2)8-12-19/h3-13H,14-15H2,1-2H3,(H2,25,26,29). The highest BCUT2D eigenvalue weighted by molar-refractivity contribution is 5.89. The fourth-order valence-electron chi connectivity index (χ4n) is 3.19. The lowest BCUT2D eigenvalue weighted by Crippen LogP contribution is -2.31. The number of aromatic nitrogens is 3. The van der Waals surface area contributed by atoms with Crippen molar-refractivity contribution >= 4 is 22.9 Å².